The lowest BCUT2D eigenvalue weighted by molar-refractivity contribution is 0.0302. The molecule has 1 rings (SSSR count). The molecule has 0 radical (unpaired) electrons. The first-order chi connectivity index (χ1) is 5.69. The van der Waals surface area contributed by atoms with E-state index in [0.717, 1.165) is 0 Å². The van der Waals surface area contributed by atoms with E-state index in [4.69, 9.17) is 10.7 Å². The first-order valence-corrected chi connectivity index (χ1v) is 5.01. The Hall–Kier alpha value is -0.0800. The molecule has 1 fully saturated rings. The van der Waals surface area contributed by atoms with Crippen molar-refractivity contribution in [1.82, 2.24) is 0 Å². The Bertz CT molecular complexity index is 130. The number of hydrogen-bond donors (Lipinski definition) is 1. The predicted octanol–water partition coefficient (Wildman–Crippen LogP) is 2.48. The van der Waals surface area contributed by atoms with Gasteiger partial charge in [0.2, 0.25) is 0 Å². The Morgan fingerprint density at radius 3 is 2.42 bits per heavy atom. The van der Waals surface area contributed by atoms with Crippen LogP contribution in [0.15, 0.2) is 0 Å². The van der Waals surface area contributed by atoms with Crippen LogP contribution in [0.3, 0.4) is 0 Å². The molecule has 0 amide bonds. The van der Waals surface area contributed by atoms with E-state index in [2.05, 4.69) is 13.8 Å². The van der Waals surface area contributed by atoms with Crippen molar-refractivity contribution in [3.63, 3.8) is 0 Å². The maximum Gasteiger partial charge on any atom is 0.0709 e. The minimum absolute atomic E-state index is 0.484. The third kappa shape index (κ3) is 2.20. The molecular weight excluding hydrogens is 150 g/mol. The molecule has 0 aromatic carbocycles. The van der Waals surface area contributed by atoms with Crippen molar-refractivity contribution >= 4 is 0 Å². The number of hydrogen-bond acceptors (Lipinski definition) is 2. The first-order valence-electron chi connectivity index (χ1n) is 5.01. The lowest BCUT2D eigenvalue weighted by Gasteiger charge is -2.38. The summed E-state index contributed by atoms with van der Waals surface area (Å²) in [6.45, 7) is 5.32. The van der Waals surface area contributed by atoms with E-state index in [0.29, 0.717) is 17.9 Å². The summed E-state index contributed by atoms with van der Waals surface area (Å²) >= 11 is 0. The second kappa shape index (κ2) is 4.24. The van der Waals surface area contributed by atoms with Crippen LogP contribution in [0, 0.1) is 11.3 Å². The molecule has 0 aromatic rings. The van der Waals surface area contributed by atoms with Crippen LogP contribution < -0.4 is 5.90 Å². The highest BCUT2D eigenvalue weighted by atomic mass is 16.6. The average molecular weight is 171 g/mol. The predicted molar refractivity (Wildman–Crippen MR) is 50.5 cm³/mol. The highest BCUT2D eigenvalue weighted by Gasteiger charge is 2.32. The van der Waals surface area contributed by atoms with Crippen molar-refractivity contribution in [2.75, 3.05) is 6.61 Å². The molecule has 12 heavy (non-hydrogen) atoms. The van der Waals surface area contributed by atoms with E-state index >= 15 is 0 Å². The van der Waals surface area contributed by atoms with Gasteiger partial charge in [-0.3, -0.25) is 0 Å². The first kappa shape index (κ1) is 10.0. The average Bonchev–Trinajstić information content (AvgIpc) is 2.06. The molecule has 0 saturated heterocycles. The third-order valence-corrected chi connectivity index (χ3v) is 3.53. The largest absolute Gasteiger partial charge is 0.304 e. The summed E-state index contributed by atoms with van der Waals surface area (Å²) in [5, 5.41) is 0. The molecule has 2 heteroatoms. The van der Waals surface area contributed by atoms with Gasteiger partial charge in [-0.1, -0.05) is 33.1 Å². The van der Waals surface area contributed by atoms with Crippen molar-refractivity contribution in [3.8, 4) is 0 Å². The highest BCUT2D eigenvalue weighted by molar-refractivity contribution is 4.82. The molecule has 1 saturated carbocycles. The Kier molecular flexibility index (Phi) is 3.53. The summed E-state index contributed by atoms with van der Waals surface area (Å²) < 4.78 is 0. The summed E-state index contributed by atoms with van der Waals surface area (Å²) in [7, 11) is 0. The molecule has 2 N–H and O–H groups in total. The normalized spacial score (nSPS) is 25.2. The zero-order valence-electron chi connectivity index (χ0n) is 8.31. The smallest absolute Gasteiger partial charge is 0.0709 e. The van der Waals surface area contributed by atoms with Crippen LogP contribution in [0.25, 0.3) is 0 Å². The molecule has 0 bridgehead atoms. The van der Waals surface area contributed by atoms with Gasteiger partial charge < -0.3 is 4.84 Å². The van der Waals surface area contributed by atoms with E-state index in [1.165, 1.54) is 32.1 Å². The standard InChI is InChI=1S/C10H21NO/c1-9(8-12-11)10(2)6-4-3-5-7-10/h9H,3-8,11H2,1-2H3. The molecule has 1 atom stereocenters. The van der Waals surface area contributed by atoms with Gasteiger partial charge in [0.05, 0.1) is 6.61 Å². The quantitative estimate of drug-likeness (QED) is 0.662. The van der Waals surface area contributed by atoms with Gasteiger partial charge in [0.15, 0.2) is 0 Å². The zero-order chi connectivity index (χ0) is 9.03. The van der Waals surface area contributed by atoms with Gasteiger partial charge in [-0.15, -0.1) is 0 Å². The molecule has 2 nitrogen and oxygen atoms in total. The molecule has 0 spiro atoms. The monoisotopic (exact) mass is 171 g/mol. The SMILES string of the molecule is CC(CON)C1(C)CCCCC1. The summed E-state index contributed by atoms with van der Waals surface area (Å²) in [6, 6.07) is 0. The molecule has 72 valence electrons. The summed E-state index contributed by atoms with van der Waals surface area (Å²) in [6.07, 6.45) is 6.86. The molecule has 0 heterocycles. The Balaban J connectivity index is 2.44. The van der Waals surface area contributed by atoms with Gasteiger partial charge in [0.25, 0.3) is 0 Å². The van der Waals surface area contributed by atoms with Crippen molar-refractivity contribution in [2.45, 2.75) is 46.0 Å². The van der Waals surface area contributed by atoms with Crippen LogP contribution in [0.1, 0.15) is 46.0 Å². The second-order valence-electron chi connectivity index (χ2n) is 4.45. The van der Waals surface area contributed by atoms with E-state index < -0.39 is 0 Å². The van der Waals surface area contributed by atoms with Gasteiger partial charge in [-0.2, -0.15) is 0 Å². The number of rotatable bonds is 3. The maximum absolute atomic E-state index is 5.09. The summed E-state index contributed by atoms with van der Waals surface area (Å²) in [4.78, 5) is 4.72. The van der Waals surface area contributed by atoms with E-state index in [9.17, 15) is 0 Å². The van der Waals surface area contributed by atoms with Crippen LogP contribution in [-0.4, -0.2) is 6.61 Å². The number of nitrogens with two attached hydrogens (primary N) is 1. The molecule has 1 unspecified atom stereocenters. The topological polar surface area (TPSA) is 35.2 Å². The van der Waals surface area contributed by atoms with Gasteiger partial charge in [-0.25, -0.2) is 5.90 Å². The summed E-state index contributed by atoms with van der Waals surface area (Å²) in [5.74, 6) is 5.69. The lowest BCUT2D eigenvalue weighted by Crippen LogP contribution is -2.31. The molecule has 0 aromatic heterocycles. The minimum Gasteiger partial charge on any atom is -0.304 e. The van der Waals surface area contributed by atoms with Crippen molar-refractivity contribution in [2.24, 2.45) is 17.2 Å². The Morgan fingerprint density at radius 1 is 1.33 bits per heavy atom. The van der Waals surface area contributed by atoms with Gasteiger partial charge in [0.1, 0.15) is 0 Å². The molecule has 1 aliphatic carbocycles. The van der Waals surface area contributed by atoms with Gasteiger partial charge >= 0.3 is 0 Å². The lowest BCUT2D eigenvalue weighted by atomic mass is 9.68. The zero-order valence-corrected chi connectivity index (χ0v) is 8.31. The van der Waals surface area contributed by atoms with Crippen LogP contribution in [-0.2, 0) is 4.84 Å². The van der Waals surface area contributed by atoms with E-state index in [-0.39, 0.29) is 0 Å². The second-order valence-corrected chi connectivity index (χ2v) is 4.45. The fourth-order valence-corrected chi connectivity index (χ4v) is 2.20. The van der Waals surface area contributed by atoms with E-state index in [1.54, 1.807) is 0 Å². The fraction of sp³-hybridized carbons (Fsp3) is 1.00. The van der Waals surface area contributed by atoms with Crippen LogP contribution in [0.5, 0.6) is 0 Å². The van der Waals surface area contributed by atoms with Crippen LogP contribution in [0.2, 0.25) is 0 Å². The van der Waals surface area contributed by atoms with Crippen LogP contribution in [0.4, 0.5) is 0 Å². The Morgan fingerprint density at radius 2 is 1.92 bits per heavy atom. The van der Waals surface area contributed by atoms with E-state index in [1.807, 2.05) is 0 Å². The van der Waals surface area contributed by atoms with Gasteiger partial charge in [-0.05, 0) is 24.2 Å². The van der Waals surface area contributed by atoms with Crippen molar-refractivity contribution < 1.29 is 4.84 Å². The van der Waals surface area contributed by atoms with Crippen molar-refractivity contribution in [1.29, 1.82) is 0 Å². The fourth-order valence-electron chi connectivity index (χ4n) is 2.20. The van der Waals surface area contributed by atoms with Gasteiger partial charge in [0, 0.05) is 0 Å². The maximum atomic E-state index is 5.09. The highest BCUT2D eigenvalue weighted by Crippen LogP contribution is 2.41. The molecule has 0 aliphatic heterocycles. The van der Waals surface area contributed by atoms with Crippen LogP contribution >= 0.6 is 0 Å². The Labute approximate surface area is 75.4 Å². The minimum atomic E-state index is 0.484. The third-order valence-electron chi connectivity index (χ3n) is 3.53. The summed E-state index contributed by atoms with van der Waals surface area (Å²) in [5.41, 5.74) is 0.484. The molecule has 1 aliphatic rings. The van der Waals surface area contributed by atoms with Crippen molar-refractivity contribution in [3.05, 3.63) is 0 Å². The molecular formula is C10H21NO.